The lowest BCUT2D eigenvalue weighted by molar-refractivity contribution is -0.112. The number of carbonyl (C=O) groups excluding carboxylic acids is 1. The van der Waals surface area contributed by atoms with Crippen LogP contribution in [0.2, 0.25) is 0 Å². The molecule has 0 spiro atoms. The molecule has 0 aromatic carbocycles. The summed E-state index contributed by atoms with van der Waals surface area (Å²) in [6.07, 6.45) is 6.82. The molecule has 0 N–H and O–H groups in total. The fourth-order valence-corrected chi connectivity index (χ4v) is 1.70. The molecule has 0 amide bonds. The second-order valence-electron chi connectivity index (χ2n) is 2.75. The average Bonchev–Trinajstić information content (AvgIpc) is 2.18. The number of hydrogen-bond donors (Lipinski definition) is 0. The summed E-state index contributed by atoms with van der Waals surface area (Å²) in [5.74, 6) is 0. The third kappa shape index (κ3) is 5.67. The minimum absolute atomic E-state index is 0.114. The SMILES string of the molecule is CC=CCOP(=O)(OCC=CC)C(C)=O. The van der Waals surface area contributed by atoms with Crippen molar-refractivity contribution in [2.45, 2.75) is 20.8 Å². The number of rotatable bonds is 7. The third-order valence-electron chi connectivity index (χ3n) is 1.54. The molecule has 0 rings (SSSR count). The maximum Gasteiger partial charge on any atom is 0.396 e. The molecule has 0 aliphatic heterocycles. The second-order valence-corrected chi connectivity index (χ2v) is 4.89. The predicted molar refractivity (Wildman–Crippen MR) is 59.8 cm³/mol. The van der Waals surface area contributed by atoms with Gasteiger partial charge in [0.25, 0.3) is 0 Å². The van der Waals surface area contributed by atoms with Crippen molar-refractivity contribution in [2.75, 3.05) is 13.2 Å². The van der Waals surface area contributed by atoms with Crippen LogP contribution in [-0.2, 0) is 18.4 Å². The highest BCUT2D eigenvalue weighted by atomic mass is 31.2. The van der Waals surface area contributed by atoms with Crippen LogP contribution in [0.3, 0.4) is 0 Å². The van der Waals surface area contributed by atoms with Gasteiger partial charge in [0.1, 0.15) is 0 Å². The van der Waals surface area contributed by atoms with E-state index in [1.807, 2.05) is 13.8 Å². The summed E-state index contributed by atoms with van der Waals surface area (Å²) in [6, 6.07) is 0. The van der Waals surface area contributed by atoms with E-state index in [2.05, 4.69) is 0 Å². The first-order chi connectivity index (χ1) is 7.06. The Labute approximate surface area is 90.5 Å². The maximum absolute atomic E-state index is 11.8. The van der Waals surface area contributed by atoms with Gasteiger partial charge in [0.15, 0.2) is 0 Å². The zero-order chi connectivity index (χ0) is 11.7. The summed E-state index contributed by atoms with van der Waals surface area (Å²) in [6.45, 7) is 5.05. The van der Waals surface area contributed by atoms with Crippen LogP contribution in [0.25, 0.3) is 0 Å². The van der Waals surface area contributed by atoms with Crippen molar-refractivity contribution in [3.63, 3.8) is 0 Å². The lowest BCUT2D eigenvalue weighted by Crippen LogP contribution is -2.03. The second kappa shape index (κ2) is 7.57. The Kier molecular flexibility index (Phi) is 7.22. The normalized spacial score (nSPS) is 15.9. The Balaban J connectivity index is 4.32. The summed E-state index contributed by atoms with van der Waals surface area (Å²) < 4.78 is 21.7. The van der Waals surface area contributed by atoms with E-state index in [1.165, 1.54) is 6.92 Å². The maximum atomic E-state index is 11.8. The van der Waals surface area contributed by atoms with E-state index in [0.717, 1.165) is 0 Å². The average molecular weight is 232 g/mol. The third-order valence-corrected chi connectivity index (χ3v) is 3.29. The minimum Gasteiger partial charge on any atom is -0.299 e. The highest BCUT2D eigenvalue weighted by molar-refractivity contribution is 7.71. The van der Waals surface area contributed by atoms with Crippen LogP contribution in [0.15, 0.2) is 24.3 Å². The lowest BCUT2D eigenvalue weighted by Gasteiger charge is -2.13. The largest absolute Gasteiger partial charge is 0.396 e. The molecule has 0 atom stereocenters. The van der Waals surface area contributed by atoms with E-state index in [-0.39, 0.29) is 13.2 Å². The Morgan fingerprint density at radius 2 is 1.53 bits per heavy atom. The molecule has 0 saturated carbocycles. The van der Waals surface area contributed by atoms with Gasteiger partial charge >= 0.3 is 7.60 Å². The molecule has 0 unspecified atom stereocenters. The van der Waals surface area contributed by atoms with Crippen LogP contribution >= 0.6 is 7.60 Å². The summed E-state index contributed by atoms with van der Waals surface area (Å²) in [4.78, 5) is 11.1. The van der Waals surface area contributed by atoms with Gasteiger partial charge in [-0.05, 0) is 13.8 Å². The molecule has 0 saturated heterocycles. The van der Waals surface area contributed by atoms with Gasteiger partial charge in [-0.3, -0.25) is 18.4 Å². The molecule has 86 valence electrons. The Hall–Kier alpha value is -0.700. The molecule has 0 aromatic rings. The smallest absolute Gasteiger partial charge is 0.299 e. The Bertz CT molecular complexity index is 274. The fraction of sp³-hybridized carbons (Fsp3) is 0.500. The number of allylic oxidation sites excluding steroid dienone is 2. The van der Waals surface area contributed by atoms with Gasteiger partial charge in [0.05, 0.1) is 13.2 Å². The summed E-state index contributed by atoms with van der Waals surface area (Å²) in [5.41, 5.74) is -0.573. The Morgan fingerprint density at radius 1 is 1.13 bits per heavy atom. The Morgan fingerprint density at radius 3 is 1.80 bits per heavy atom. The van der Waals surface area contributed by atoms with Gasteiger partial charge in [-0.15, -0.1) is 0 Å². The summed E-state index contributed by atoms with van der Waals surface area (Å²) in [7, 11) is -3.59. The van der Waals surface area contributed by atoms with Crippen LogP contribution in [0.5, 0.6) is 0 Å². The first kappa shape index (κ1) is 14.3. The fourth-order valence-electron chi connectivity index (χ4n) is 0.694. The number of hydrogen-bond acceptors (Lipinski definition) is 4. The molecular formula is C10H17O4P. The zero-order valence-corrected chi connectivity index (χ0v) is 10.2. The molecule has 0 bridgehead atoms. The molecule has 0 aliphatic rings. The topological polar surface area (TPSA) is 52.6 Å². The van der Waals surface area contributed by atoms with E-state index in [1.54, 1.807) is 24.3 Å². The predicted octanol–water partition coefficient (Wildman–Crippen LogP) is 2.91. The van der Waals surface area contributed by atoms with Crippen molar-refractivity contribution >= 4 is 13.1 Å². The van der Waals surface area contributed by atoms with E-state index < -0.39 is 13.1 Å². The van der Waals surface area contributed by atoms with E-state index in [0.29, 0.717) is 0 Å². The van der Waals surface area contributed by atoms with Crippen LogP contribution < -0.4 is 0 Å². The molecule has 15 heavy (non-hydrogen) atoms. The van der Waals surface area contributed by atoms with Crippen LogP contribution in [0.4, 0.5) is 0 Å². The van der Waals surface area contributed by atoms with Crippen molar-refractivity contribution in [3.8, 4) is 0 Å². The van der Waals surface area contributed by atoms with Gasteiger partial charge in [-0.25, -0.2) is 0 Å². The zero-order valence-electron chi connectivity index (χ0n) is 9.30. The van der Waals surface area contributed by atoms with Gasteiger partial charge in [0.2, 0.25) is 5.52 Å². The number of carbonyl (C=O) groups is 1. The molecule has 0 aromatic heterocycles. The van der Waals surface area contributed by atoms with Crippen LogP contribution in [0.1, 0.15) is 20.8 Å². The molecule has 5 heteroatoms. The van der Waals surface area contributed by atoms with Crippen molar-refractivity contribution in [3.05, 3.63) is 24.3 Å². The van der Waals surface area contributed by atoms with Gasteiger partial charge in [-0.1, -0.05) is 24.3 Å². The van der Waals surface area contributed by atoms with Crippen molar-refractivity contribution in [1.82, 2.24) is 0 Å². The molecule has 0 heterocycles. The molecule has 0 radical (unpaired) electrons. The molecule has 0 aliphatic carbocycles. The lowest BCUT2D eigenvalue weighted by atomic mass is 10.6. The van der Waals surface area contributed by atoms with Crippen LogP contribution in [-0.4, -0.2) is 18.7 Å². The quantitative estimate of drug-likeness (QED) is 0.500. The highest BCUT2D eigenvalue weighted by Crippen LogP contribution is 2.48. The van der Waals surface area contributed by atoms with E-state index in [4.69, 9.17) is 9.05 Å². The summed E-state index contributed by atoms with van der Waals surface area (Å²) in [5, 5.41) is 0. The highest BCUT2D eigenvalue weighted by Gasteiger charge is 2.30. The molecule has 4 nitrogen and oxygen atoms in total. The summed E-state index contributed by atoms with van der Waals surface area (Å²) >= 11 is 0. The first-order valence-corrected chi connectivity index (χ1v) is 6.23. The van der Waals surface area contributed by atoms with Gasteiger partial charge in [-0.2, -0.15) is 0 Å². The van der Waals surface area contributed by atoms with Crippen LogP contribution in [0, 0.1) is 0 Å². The van der Waals surface area contributed by atoms with Gasteiger partial charge < -0.3 is 0 Å². The first-order valence-electron chi connectivity index (χ1n) is 4.69. The molecule has 0 fully saturated rings. The van der Waals surface area contributed by atoms with Crippen molar-refractivity contribution in [2.24, 2.45) is 0 Å². The van der Waals surface area contributed by atoms with Gasteiger partial charge in [0, 0.05) is 6.92 Å². The standard InChI is InChI=1S/C10H17O4P/c1-4-6-8-13-15(12,10(3)11)14-9-7-5-2/h4-7H,8-9H2,1-3H3. The molecular weight excluding hydrogens is 215 g/mol. The minimum atomic E-state index is -3.59. The monoisotopic (exact) mass is 232 g/mol. The van der Waals surface area contributed by atoms with E-state index >= 15 is 0 Å². The van der Waals surface area contributed by atoms with Crippen molar-refractivity contribution in [1.29, 1.82) is 0 Å². The van der Waals surface area contributed by atoms with E-state index in [9.17, 15) is 9.36 Å². The van der Waals surface area contributed by atoms with Crippen molar-refractivity contribution < 1.29 is 18.4 Å².